The highest BCUT2D eigenvalue weighted by Gasteiger charge is 2.22. The number of nitrogens with zero attached hydrogens (tertiary/aromatic N) is 3. The molecule has 4 rings (SSSR count). The van der Waals surface area contributed by atoms with E-state index >= 15 is 0 Å². The van der Waals surface area contributed by atoms with Gasteiger partial charge in [-0.05, 0) is 56.4 Å². The first-order valence-electron chi connectivity index (χ1n) is 11.0. The third-order valence-electron chi connectivity index (χ3n) is 6.00. The van der Waals surface area contributed by atoms with Crippen molar-refractivity contribution in [3.8, 4) is 0 Å². The molecule has 31 heavy (non-hydrogen) atoms. The Hall–Kier alpha value is -2.99. The van der Waals surface area contributed by atoms with Gasteiger partial charge in [-0.1, -0.05) is 30.3 Å². The quantitative estimate of drug-likeness (QED) is 0.555. The van der Waals surface area contributed by atoms with E-state index in [9.17, 15) is 4.79 Å². The van der Waals surface area contributed by atoms with E-state index in [1.165, 1.54) is 0 Å². The van der Waals surface area contributed by atoms with Gasteiger partial charge in [-0.3, -0.25) is 4.79 Å². The summed E-state index contributed by atoms with van der Waals surface area (Å²) in [7, 11) is 4.03. The van der Waals surface area contributed by atoms with Crippen LogP contribution in [0.4, 0.5) is 11.8 Å². The van der Waals surface area contributed by atoms with Crippen molar-refractivity contribution in [2.75, 3.05) is 24.3 Å². The molecule has 162 valence electrons. The van der Waals surface area contributed by atoms with Gasteiger partial charge < -0.3 is 15.5 Å². The predicted molar refractivity (Wildman–Crippen MR) is 127 cm³/mol. The van der Waals surface area contributed by atoms with E-state index in [0.29, 0.717) is 18.0 Å². The van der Waals surface area contributed by atoms with Gasteiger partial charge in [0.1, 0.15) is 5.82 Å². The van der Waals surface area contributed by atoms with Gasteiger partial charge in [-0.25, -0.2) is 4.98 Å². The highest BCUT2D eigenvalue weighted by Crippen LogP contribution is 2.26. The minimum atomic E-state index is 0.113. The molecule has 1 heterocycles. The summed E-state index contributed by atoms with van der Waals surface area (Å²) in [5.74, 6) is 1.76. The number of rotatable bonds is 7. The van der Waals surface area contributed by atoms with Crippen LogP contribution in [0.25, 0.3) is 10.9 Å². The maximum Gasteiger partial charge on any atom is 0.225 e. The molecule has 0 spiro atoms. The van der Waals surface area contributed by atoms with Crippen LogP contribution in [-0.2, 0) is 6.54 Å². The lowest BCUT2D eigenvalue weighted by Gasteiger charge is -2.30. The Kier molecular flexibility index (Phi) is 6.47. The van der Waals surface area contributed by atoms with E-state index in [-0.39, 0.29) is 5.78 Å². The number of aromatic nitrogens is 2. The Morgan fingerprint density at radius 2 is 1.74 bits per heavy atom. The SMILES string of the molecule is CC(=O)c1cccc(CN[C@H]2CC[C@@H](Nc3nc(N(C)C)c4ccccc4n3)CC2)c1. The minimum Gasteiger partial charge on any atom is -0.362 e. The first-order valence-corrected chi connectivity index (χ1v) is 11.0. The van der Waals surface area contributed by atoms with Gasteiger partial charge in [-0.15, -0.1) is 0 Å². The van der Waals surface area contributed by atoms with E-state index < -0.39 is 0 Å². The Morgan fingerprint density at radius 3 is 2.48 bits per heavy atom. The fraction of sp³-hybridized carbons (Fsp3) is 0.400. The summed E-state index contributed by atoms with van der Waals surface area (Å²) in [4.78, 5) is 23.1. The monoisotopic (exact) mass is 417 g/mol. The molecule has 6 heteroatoms. The number of hydrogen-bond acceptors (Lipinski definition) is 6. The zero-order valence-electron chi connectivity index (χ0n) is 18.6. The van der Waals surface area contributed by atoms with Crippen molar-refractivity contribution < 1.29 is 4.79 Å². The maximum atomic E-state index is 11.6. The molecular weight excluding hydrogens is 386 g/mol. The smallest absolute Gasteiger partial charge is 0.225 e. The largest absolute Gasteiger partial charge is 0.362 e. The number of nitrogens with one attached hydrogen (secondary N) is 2. The predicted octanol–water partition coefficient (Wildman–Crippen LogP) is 4.41. The number of carbonyl (C=O) groups is 1. The fourth-order valence-corrected chi connectivity index (χ4v) is 4.25. The van der Waals surface area contributed by atoms with E-state index in [1.54, 1.807) is 6.92 Å². The maximum absolute atomic E-state index is 11.6. The second kappa shape index (κ2) is 9.43. The molecule has 0 unspecified atom stereocenters. The van der Waals surface area contributed by atoms with Crippen molar-refractivity contribution in [2.24, 2.45) is 0 Å². The molecular formula is C25H31N5O. The van der Waals surface area contributed by atoms with Gasteiger partial charge >= 0.3 is 0 Å². The molecule has 0 bridgehead atoms. The van der Waals surface area contributed by atoms with Crippen LogP contribution in [0.1, 0.15) is 48.5 Å². The second-order valence-corrected chi connectivity index (χ2v) is 8.61. The van der Waals surface area contributed by atoms with Gasteiger partial charge in [0.15, 0.2) is 5.78 Å². The Bertz CT molecular complexity index is 1060. The molecule has 0 atom stereocenters. The molecule has 3 aromatic rings. The molecule has 1 saturated carbocycles. The number of ketones is 1. The van der Waals surface area contributed by atoms with Crippen molar-refractivity contribution >= 4 is 28.5 Å². The molecule has 0 saturated heterocycles. The summed E-state index contributed by atoms with van der Waals surface area (Å²) in [5.41, 5.74) is 2.90. The number of hydrogen-bond donors (Lipinski definition) is 2. The van der Waals surface area contributed by atoms with E-state index in [2.05, 4.69) is 22.8 Å². The summed E-state index contributed by atoms with van der Waals surface area (Å²) >= 11 is 0. The van der Waals surface area contributed by atoms with Crippen molar-refractivity contribution in [1.82, 2.24) is 15.3 Å². The summed E-state index contributed by atoms with van der Waals surface area (Å²) in [6.07, 6.45) is 4.38. The molecule has 0 radical (unpaired) electrons. The van der Waals surface area contributed by atoms with Crippen LogP contribution in [-0.4, -0.2) is 41.9 Å². The average molecular weight is 418 g/mol. The Balaban J connectivity index is 1.33. The Labute approximate surface area is 184 Å². The van der Waals surface area contributed by atoms with Crippen LogP contribution in [0.15, 0.2) is 48.5 Å². The zero-order valence-corrected chi connectivity index (χ0v) is 18.6. The molecule has 1 aromatic heterocycles. The summed E-state index contributed by atoms with van der Waals surface area (Å²) in [6, 6.07) is 16.9. The second-order valence-electron chi connectivity index (χ2n) is 8.61. The number of fused-ring (bicyclic) bond motifs is 1. The fourth-order valence-electron chi connectivity index (χ4n) is 4.25. The lowest BCUT2D eigenvalue weighted by molar-refractivity contribution is 0.101. The highest BCUT2D eigenvalue weighted by atomic mass is 16.1. The van der Waals surface area contributed by atoms with Crippen molar-refractivity contribution in [3.63, 3.8) is 0 Å². The summed E-state index contributed by atoms with van der Waals surface area (Å²) in [6.45, 7) is 2.41. The third-order valence-corrected chi connectivity index (χ3v) is 6.00. The normalized spacial score (nSPS) is 18.7. The molecule has 6 nitrogen and oxygen atoms in total. The van der Waals surface area contributed by atoms with Gasteiger partial charge in [-0.2, -0.15) is 4.98 Å². The molecule has 1 aliphatic carbocycles. The first kappa shape index (κ1) is 21.2. The topological polar surface area (TPSA) is 70.2 Å². The molecule has 0 amide bonds. The van der Waals surface area contributed by atoms with Crippen LogP contribution >= 0.6 is 0 Å². The Morgan fingerprint density at radius 1 is 1.00 bits per heavy atom. The number of Topliss-reactive ketones (excluding diaryl/α,β-unsaturated/α-hetero) is 1. The lowest BCUT2D eigenvalue weighted by Crippen LogP contribution is -2.37. The number of para-hydroxylation sites is 1. The molecule has 1 aliphatic rings. The number of carbonyl (C=O) groups excluding carboxylic acids is 1. The summed E-state index contributed by atoms with van der Waals surface area (Å²) in [5, 5.41) is 8.30. The van der Waals surface area contributed by atoms with Gasteiger partial charge in [0, 0.05) is 43.7 Å². The zero-order chi connectivity index (χ0) is 21.8. The highest BCUT2D eigenvalue weighted by molar-refractivity contribution is 5.94. The first-order chi connectivity index (χ1) is 15.0. The molecule has 2 N–H and O–H groups in total. The van der Waals surface area contributed by atoms with Crippen molar-refractivity contribution in [2.45, 2.75) is 51.2 Å². The van der Waals surface area contributed by atoms with Crippen LogP contribution in [0, 0.1) is 0 Å². The van der Waals surface area contributed by atoms with Gasteiger partial charge in [0.2, 0.25) is 5.95 Å². The number of benzene rings is 2. The van der Waals surface area contributed by atoms with Crippen LogP contribution < -0.4 is 15.5 Å². The van der Waals surface area contributed by atoms with Crippen LogP contribution in [0.5, 0.6) is 0 Å². The van der Waals surface area contributed by atoms with Crippen LogP contribution in [0.2, 0.25) is 0 Å². The molecule has 2 aromatic carbocycles. The average Bonchev–Trinajstić information content (AvgIpc) is 2.78. The van der Waals surface area contributed by atoms with Crippen molar-refractivity contribution in [3.05, 3.63) is 59.7 Å². The van der Waals surface area contributed by atoms with Gasteiger partial charge in [0.25, 0.3) is 0 Å². The third kappa shape index (κ3) is 5.20. The minimum absolute atomic E-state index is 0.113. The van der Waals surface area contributed by atoms with E-state index in [0.717, 1.165) is 60.1 Å². The summed E-state index contributed by atoms with van der Waals surface area (Å²) < 4.78 is 0. The molecule has 1 fully saturated rings. The van der Waals surface area contributed by atoms with Crippen LogP contribution in [0.3, 0.4) is 0 Å². The van der Waals surface area contributed by atoms with E-state index in [1.807, 2.05) is 55.4 Å². The number of anilines is 2. The van der Waals surface area contributed by atoms with Crippen molar-refractivity contribution in [1.29, 1.82) is 0 Å². The lowest BCUT2D eigenvalue weighted by atomic mass is 9.91. The standard InChI is InChI=1S/C25H31N5O/c1-17(31)19-8-6-7-18(15-19)16-26-20-11-13-21(14-12-20)27-25-28-23-10-5-4-9-22(23)24(29-25)30(2)3/h4-10,15,20-21,26H,11-14,16H2,1-3H3,(H,27,28,29)/t20-,21+. The van der Waals surface area contributed by atoms with Gasteiger partial charge in [0.05, 0.1) is 5.52 Å². The molecule has 0 aliphatic heterocycles. The van der Waals surface area contributed by atoms with E-state index in [4.69, 9.17) is 9.97 Å².